The summed E-state index contributed by atoms with van der Waals surface area (Å²) >= 11 is 0. The van der Waals surface area contributed by atoms with Crippen LogP contribution in [0.3, 0.4) is 0 Å². The van der Waals surface area contributed by atoms with Gasteiger partial charge in [0.05, 0.1) is 36.5 Å². The molecule has 1 saturated heterocycles. The van der Waals surface area contributed by atoms with Crippen molar-refractivity contribution in [2.24, 2.45) is 5.92 Å². The fourth-order valence-electron chi connectivity index (χ4n) is 6.23. The molecule has 0 saturated carbocycles. The van der Waals surface area contributed by atoms with Crippen LogP contribution in [0.5, 0.6) is 11.8 Å². The molecule has 0 aliphatic carbocycles. The van der Waals surface area contributed by atoms with E-state index in [0.717, 1.165) is 83.7 Å². The van der Waals surface area contributed by atoms with Gasteiger partial charge in [-0.2, -0.15) is 5.10 Å². The number of aromatic nitrogens is 7. The molecule has 5 aromatic heterocycles. The Morgan fingerprint density at radius 3 is 2.39 bits per heavy atom. The molecule has 1 fully saturated rings. The molecule has 6 rings (SSSR count). The van der Waals surface area contributed by atoms with Crippen LogP contribution in [-0.4, -0.2) is 61.8 Å². The van der Waals surface area contributed by atoms with E-state index in [0.29, 0.717) is 23.6 Å². The summed E-state index contributed by atoms with van der Waals surface area (Å²) in [6.45, 7) is 10.7. The zero-order valence-corrected chi connectivity index (χ0v) is 24.7. The fraction of sp³-hybridized carbons (Fsp3) is 0.452. The van der Waals surface area contributed by atoms with Crippen molar-refractivity contribution in [1.82, 2.24) is 34.5 Å². The molecule has 0 spiro atoms. The number of rotatable bonds is 8. The molecular weight excluding hydrogens is 516 g/mol. The average Bonchev–Trinajstić information content (AvgIpc) is 3.62. The van der Waals surface area contributed by atoms with Crippen molar-refractivity contribution in [3.63, 3.8) is 0 Å². The van der Waals surface area contributed by atoms with E-state index < -0.39 is 0 Å². The normalized spacial score (nSPS) is 14.5. The van der Waals surface area contributed by atoms with E-state index in [1.54, 1.807) is 20.5 Å². The Morgan fingerprint density at radius 2 is 1.71 bits per heavy atom. The Balaban J connectivity index is 1.23. The van der Waals surface area contributed by atoms with Gasteiger partial charge in [0.2, 0.25) is 11.8 Å². The van der Waals surface area contributed by atoms with Crippen LogP contribution < -0.4 is 14.4 Å². The number of nitrogens with zero attached hydrogens (tertiary/aromatic N) is 7. The smallest absolute Gasteiger partial charge is 0.223 e. The van der Waals surface area contributed by atoms with Gasteiger partial charge in [0.25, 0.3) is 0 Å². The minimum absolute atomic E-state index is 0.300. The molecule has 1 aliphatic heterocycles. The van der Waals surface area contributed by atoms with Gasteiger partial charge in [0, 0.05) is 30.4 Å². The number of H-pyrrole nitrogens is 1. The zero-order chi connectivity index (χ0) is 28.7. The van der Waals surface area contributed by atoms with Crippen LogP contribution in [0.1, 0.15) is 61.3 Å². The first kappa shape index (κ1) is 27.0. The summed E-state index contributed by atoms with van der Waals surface area (Å²) in [5, 5.41) is 4.41. The monoisotopic (exact) mass is 554 g/mol. The summed E-state index contributed by atoms with van der Waals surface area (Å²) in [7, 11) is 3.28. The van der Waals surface area contributed by atoms with Crippen LogP contribution in [0, 0.1) is 19.8 Å². The minimum atomic E-state index is 0.300. The van der Waals surface area contributed by atoms with Crippen LogP contribution in [0.15, 0.2) is 31.0 Å². The topological polar surface area (TPSA) is 106 Å². The number of anilines is 1. The number of pyridine rings is 2. The van der Waals surface area contributed by atoms with Gasteiger partial charge in [0.15, 0.2) is 5.65 Å². The third-order valence-corrected chi connectivity index (χ3v) is 8.63. The van der Waals surface area contributed by atoms with E-state index in [9.17, 15) is 0 Å². The minimum Gasteiger partial charge on any atom is -0.481 e. The zero-order valence-electron chi connectivity index (χ0n) is 24.7. The van der Waals surface area contributed by atoms with E-state index >= 15 is 0 Å². The Bertz CT molecular complexity index is 1680. The molecule has 0 bridgehead atoms. The molecule has 6 heterocycles. The van der Waals surface area contributed by atoms with Crippen LogP contribution in [0.4, 0.5) is 5.82 Å². The molecular formula is C31H38N8O2. The number of aromatic amines is 1. The molecule has 0 aromatic carbocycles. The first-order chi connectivity index (χ1) is 19.9. The number of hydrogen-bond acceptors (Lipinski definition) is 8. The van der Waals surface area contributed by atoms with Gasteiger partial charge in [0.1, 0.15) is 18.5 Å². The lowest BCUT2D eigenvalue weighted by Crippen LogP contribution is -2.34. The molecule has 1 N–H and O–H groups in total. The number of ether oxygens (including phenoxy) is 2. The third-order valence-electron chi connectivity index (χ3n) is 8.63. The molecule has 0 radical (unpaired) electrons. The number of aryl methyl sites for hydroxylation is 1. The molecule has 0 unspecified atom stereocenters. The summed E-state index contributed by atoms with van der Waals surface area (Å²) < 4.78 is 12.8. The van der Waals surface area contributed by atoms with Gasteiger partial charge < -0.3 is 19.4 Å². The van der Waals surface area contributed by atoms with Gasteiger partial charge in [-0.3, -0.25) is 0 Å². The van der Waals surface area contributed by atoms with Crippen molar-refractivity contribution >= 4 is 22.5 Å². The summed E-state index contributed by atoms with van der Waals surface area (Å²) in [4.78, 5) is 24.3. The van der Waals surface area contributed by atoms with Crippen molar-refractivity contribution in [3.05, 3.63) is 53.2 Å². The van der Waals surface area contributed by atoms with Crippen molar-refractivity contribution in [2.45, 2.75) is 59.3 Å². The van der Waals surface area contributed by atoms with Crippen LogP contribution >= 0.6 is 0 Å². The predicted octanol–water partition coefficient (Wildman–Crippen LogP) is 5.67. The van der Waals surface area contributed by atoms with E-state index in [1.165, 1.54) is 17.5 Å². The van der Waals surface area contributed by atoms with Gasteiger partial charge in [-0.25, -0.2) is 24.5 Å². The lowest BCUT2D eigenvalue weighted by atomic mass is 9.90. The van der Waals surface area contributed by atoms with E-state index in [1.807, 2.05) is 4.52 Å². The Hall–Kier alpha value is -4.21. The largest absolute Gasteiger partial charge is 0.481 e. The quantitative estimate of drug-likeness (QED) is 0.262. The van der Waals surface area contributed by atoms with Gasteiger partial charge >= 0.3 is 0 Å². The first-order valence-corrected chi connectivity index (χ1v) is 14.4. The van der Waals surface area contributed by atoms with Crippen molar-refractivity contribution in [1.29, 1.82) is 0 Å². The number of hydrogen-bond donors (Lipinski definition) is 1. The van der Waals surface area contributed by atoms with E-state index in [2.05, 4.69) is 76.0 Å². The Kier molecular flexibility index (Phi) is 7.23. The molecule has 5 aromatic rings. The summed E-state index contributed by atoms with van der Waals surface area (Å²) in [5.41, 5.74) is 9.80. The number of nitrogens with one attached hydrogen (secondary N) is 1. The maximum Gasteiger partial charge on any atom is 0.223 e. The molecule has 0 atom stereocenters. The van der Waals surface area contributed by atoms with Crippen molar-refractivity contribution in [3.8, 4) is 23.0 Å². The van der Waals surface area contributed by atoms with Gasteiger partial charge in [-0.1, -0.05) is 13.8 Å². The standard InChI is InChI=1S/C31H38N8O2/c1-18(2)26-27(23-15-39-29(32-17-35-39)20(4)19(23)3)36-24-9-10-25(37-28(24)26)38-13-11-21(12-14-38)7-8-22-30(40-5)33-16-34-31(22)41-6/h9-10,15-18,21,36H,7-8,11-14H2,1-6H3. The van der Waals surface area contributed by atoms with E-state index in [4.69, 9.17) is 14.5 Å². The second-order valence-corrected chi connectivity index (χ2v) is 11.3. The van der Waals surface area contributed by atoms with Crippen LogP contribution in [0.25, 0.3) is 27.9 Å². The summed E-state index contributed by atoms with van der Waals surface area (Å²) in [6.07, 6.45) is 9.30. The summed E-state index contributed by atoms with van der Waals surface area (Å²) in [5.74, 6) is 3.17. The Labute approximate surface area is 240 Å². The number of methoxy groups -OCH3 is 2. The maximum absolute atomic E-state index is 5.46. The van der Waals surface area contributed by atoms with Crippen LogP contribution in [0.2, 0.25) is 0 Å². The molecule has 0 amide bonds. The number of piperidine rings is 1. The highest BCUT2D eigenvalue weighted by molar-refractivity contribution is 5.90. The lowest BCUT2D eigenvalue weighted by Gasteiger charge is -2.33. The molecule has 41 heavy (non-hydrogen) atoms. The van der Waals surface area contributed by atoms with Gasteiger partial charge in [-0.05, 0) is 74.6 Å². The molecule has 1 aliphatic rings. The Morgan fingerprint density at radius 1 is 0.976 bits per heavy atom. The predicted molar refractivity (Wildman–Crippen MR) is 160 cm³/mol. The highest BCUT2D eigenvalue weighted by Gasteiger charge is 2.25. The van der Waals surface area contributed by atoms with Crippen molar-refractivity contribution < 1.29 is 9.47 Å². The van der Waals surface area contributed by atoms with E-state index in [-0.39, 0.29) is 0 Å². The fourth-order valence-corrected chi connectivity index (χ4v) is 6.23. The third kappa shape index (κ3) is 4.85. The molecule has 10 heteroatoms. The van der Waals surface area contributed by atoms with Crippen molar-refractivity contribution in [2.75, 3.05) is 32.2 Å². The highest BCUT2D eigenvalue weighted by Crippen LogP contribution is 2.38. The first-order valence-electron chi connectivity index (χ1n) is 14.4. The molecule has 214 valence electrons. The average molecular weight is 555 g/mol. The second kappa shape index (κ2) is 11.0. The maximum atomic E-state index is 5.46. The van der Waals surface area contributed by atoms with Gasteiger partial charge in [-0.15, -0.1) is 0 Å². The second-order valence-electron chi connectivity index (χ2n) is 11.3. The van der Waals surface area contributed by atoms with Crippen LogP contribution in [-0.2, 0) is 6.42 Å². The number of fused-ring (bicyclic) bond motifs is 2. The molecule has 10 nitrogen and oxygen atoms in total. The SMILES string of the molecule is COc1ncnc(OC)c1CCC1CCN(c2ccc3[nH]c(-c4cn5ncnc5c(C)c4C)c(C(C)C)c3n2)CC1. The summed E-state index contributed by atoms with van der Waals surface area (Å²) in [6, 6.07) is 4.34. The highest BCUT2D eigenvalue weighted by atomic mass is 16.5. The lowest BCUT2D eigenvalue weighted by molar-refractivity contribution is 0.347.